The minimum Gasteiger partial charge on any atom is -0.207 e. The maximum Gasteiger partial charge on any atom is 0.127 e. The van der Waals surface area contributed by atoms with E-state index in [0.29, 0.717) is 11.8 Å². The maximum absolute atomic E-state index is 14.4. The summed E-state index contributed by atoms with van der Waals surface area (Å²) in [6, 6.07) is 15.0. The zero-order valence-electron chi connectivity index (χ0n) is 21.7. The van der Waals surface area contributed by atoms with Crippen molar-refractivity contribution in [2.45, 2.75) is 116 Å². The number of aryl methyl sites for hydroxylation is 2. The van der Waals surface area contributed by atoms with Gasteiger partial charge in [0.2, 0.25) is 0 Å². The first-order chi connectivity index (χ1) is 16.7. The van der Waals surface area contributed by atoms with Crippen LogP contribution in [-0.4, -0.2) is 0 Å². The van der Waals surface area contributed by atoms with Gasteiger partial charge in [0, 0.05) is 11.5 Å². The Bertz CT molecular complexity index is 890. The van der Waals surface area contributed by atoms with Crippen molar-refractivity contribution in [2.24, 2.45) is 5.92 Å². The lowest BCUT2D eigenvalue weighted by Crippen LogP contribution is -2.12. The molecule has 0 radical (unpaired) electrons. The molecule has 1 saturated carbocycles. The van der Waals surface area contributed by atoms with Crippen LogP contribution in [0.4, 0.5) is 4.39 Å². The number of rotatable bonds is 12. The van der Waals surface area contributed by atoms with Crippen LogP contribution in [0.3, 0.4) is 0 Å². The quantitative estimate of drug-likeness (QED) is 0.218. The van der Waals surface area contributed by atoms with Crippen molar-refractivity contribution in [2.75, 3.05) is 0 Å². The molecule has 1 aliphatic rings. The normalized spacial score (nSPS) is 17.9. The molecule has 1 aliphatic carbocycles. The Morgan fingerprint density at radius 2 is 1.38 bits per heavy atom. The molecule has 2 aromatic rings. The minimum atomic E-state index is -0.0912. The molecule has 0 aromatic heterocycles. The van der Waals surface area contributed by atoms with E-state index in [2.05, 4.69) is 50.0 Å². The lowest BCUT2D eigenvalue weighted by Gasteiger charge is -2.26. The molecule has 0 heterocycles. The van der Waals surface area contributed by atoms with E-state index in [4.69, 9.17) is 0 Å². The fourth-order valence-corrected chi connectivity index (χ4v) is 5.22. The molecular formula is C33H45F. The van der Waals surface area contributed by atoms with Crippen molar-refractivity contribution in [3.8, 4) is 11.8 Å². The fourth-order valence-electron chi connectivity index (χ4n) is 5.22. The average molecular weight is 461 g/mol. The first kappa shape index (κ1) is 26.5. The summed E-state index contributed by atoms with van der Waals surface area (Å²) in [5.41, 5.74) is 4.64. The van der Waals surface area contributed by atoms with E-state index in [1.54, 1.807) is 6.07 Å². The molecule has 184 valence electrons. The minimum absolute atomic E-state index is 0.0912. The highest BCUT2D eigenvalue weighted by Gasteiger charge is 2.21. The van der Waals surface area contributed by atoms with Gasteiger partial charge >= 0.3 is 0 Å². The zero-order chi connectivity index (χ0) is 24.0. The van der Waals surface area contributed by atoms with Gasteiger partial charge in [-0.3, -0.25) is 0 Å². The van der Waals surface area contributed by atoms with Crippen LogP contribution in [0.25, 0.3) is 0 Å². The Hall–Kier alpha value is -2.07. The summed E-state index contributed by atoms with van der Waals surface area (Å²) >= 11 is 0. The fraction of sp³-hybridized carbons (Fsp3) is 0.576. The third-order valence-corrected chi connectivity index (χ3v) is 7.52. The monoisotopic (exact) mass is 460 g/mol. The smallest absolute Gasteiger partial charge is 0.127 e. The third-order valence-electron chi connectivity index (χ3n) is 7.52. The van der Waals surface area contributed by atoms with Crippen molar-refractivity contribution in [3.63, 3.8) is 0 Å². The van der Waals surface area contributed by atoms with Crippen molar-refractivity contribution < 1.29 is 4.39 Å². The first-order valence-corrected chi connectivity index (χ1v) is 14.1. The second-order valence-electron chi connectivity index (χ2n) is 10.3. The average Bonchev–Trinajstić information content (AvgIpc) is 2.87. The van der Waals surface area contributed by atoms with Gasteiger partial charge in [0.1, 0.15) is 5.82 Å². The summed E-state index contributed by atoms with van der Waals surface area (Å²) in [7, 11) is 0. The van der Waals surface area contributed by atoms with E-state index in [-0.39, 0.29) is 5.82 Å². The Morgan fingerprint density at radius 3 is 2.09 bits per heavy atom. The van der Waals surface area contributed by atoms with Crippen LogP contribution in [-0.2, 0) is 12.8 Å². The van der Waals surface area contributed by atoms with Gasteiger partial charge in [-0.15, -0.1) is 0 Å². The van der Waals surface area contributed by atoms with Gasteiger partial charge < -0.3 is 0 Å². The largest absolute Gasteiger partial charge is 0.207 e. The molecule has 0 N–H and O–H groups in total. The molecule has 0 bridgehead atoms. The lowest BCUT2D eigenvalue weighted by atomic mass is 9.78. The summed E-state index contributed by atoms with van der Waals surface area (Å²) in [6.07, 6.45) is 18.3. The summed E-state index contributed by atoms with van der Waals surface area (Å²) in [5, 5.41) is 0. The van der Waals surface area contributed by atoms with Crippen molar-refractivity contribution in [1.82, 2.24) is 0 Å². The van der Waals surface area contributed by atoms with E-state index in [9.17, 15) is 4.39 Å². The van der Waals surface area contributed by atoms with E-state index in [1.807, 2.05) is 12.1 Å². The van der Waals surface area contributed by atoms with Gasteiger partial charge in [0.15, 0.2) is 0 Å². The standard InChI is InChI=1S/C33H45F/c1-3-5-7-8-9-11-12-27-16-21-30(22-17-27)31-23-18-28(19-24-31)14-15-29-20-25-32(33(34)26-29)13-10-6-4-2/h16-17,20-22,25-26,28,31H,3-13,18-19,23-24H2,1-2H3. The van der Waals surface area contributed by atoms with E-state index in [1.165, 1.54) is 68.9 Å². The van der Waals surface area contributed by atoms with Crippen LogP contribution >= 0.6 is 0 Å². The van der Waals surface area contributed by atoms with E-state index < -0.39 is 0 Å². The highest BCUT2D eigenvalue weighted by Crippen LogP contribution is 2.35. The molecule has 0 spiro atoms. The molecule has 0 nitrogen and oxygen atoms in total. The van der Waals surface area contributed by atoms with Crippen LogP contribution in [0.1, 0.15) is 125 Å². The van der Waals surface area contributed by atoms with E-state index in [0.717, 1.165) is 49.7 Å². The number of hydrogen-bond acceptors (Lipinski definition) is 0. The van der Waals surface area contributed by atoms with Crippen molar-refractivity contribution in [3.05, 3.63) is 70.5 Å². The summed E-state index contributed by atoms with van der Waals surface area (Å²) in [5.74, 6) is 7.72. The van der Waals surface area contributed by atoms with Crippen LogP contribution in [0.15, 0.2) is 42.5 Å². The predicted octanol–water partition coefficient (Wildman–Crippen LogP) is 9.79. The second-order valence-corrected chi connectivity index (χ2v) is 10.3. The van der Waals surface area contributed by atoms with Gasteiger partial charge in [-0.05, 0) is 86.1 Å². The molecular weight excluding hydrogens is 415 g/mol. The molecule has 2 aromatic carbocycles. The highest BCUT2D eigenvalue weighted by molar-refractivity contribution is 5.37. The molecule has 0 unspecified atom stereocenters. The maximum atomic E-state index is 14.4. The second kappa shape index (κ2) is 15.0. The molecule has 34 heavy (non-hydrogen) atoms. The van der Waals surface area contributed by atoms with Gasteiger partial charge in [-0.25, -0.2) is 4.39 Å². The molecule has 0 atom stereocenters. The molecule has 0 amide bonds. The number of halogens is 1. The van der Waals surface area contributed by atoms with Crippen LogP contribution < -0.4 is 0 Å². The molecule has 1 fully saturated rings. The Balaban J connectivity index is 1.41. The van der Waals surface area contributed by atoms with Crippen LogP contribution in [0, 0.1) is 23.6 Å². The summed E-state index contributed by atoms with van der Waals surface area (Å²) in [6.45, 7) is 4.45. The van der Waals surface area contributed by atoms with Gasteiger partial charge in [0.25, 0.3) is 0 Å². The number of hydrogen-bond donors (Lipinski definition) is 0. The Kier molecular flexibility index (Phi) is 11.7. The topological polar surface area (TPSA) is 0 Å². The van der Waals surface area contributed by atoms with Gasteiger partial charge in [0.05, 0.1) is 0 Å². The third kappa shape index (κ3) is 8.94. The van der Waals surface area contributed by atoms with Crippen LogP contribution in [0.5, 0.6) is 0 Å². The number of benzene rings is 2. The van der Waals surface area contributed by atoms with Crippen molar-refractivity contribution >= 4 is 0 Å². The van der Waals surface area contributed by atoms with Gasteiger partial charge in [-0.1, -0.05) is 101 Å². The molecule has 3 rings (SSSR count). The lowest BCUT2D eigenvalue weighted by molar-refractivity contribution is 0.384. The highest BCUT2D eigenvalue weighted by atomic mass is 19.1. The van der Waals surface area contributed by atoms with Crippen molar-refractivity contribution in [1.29, 1.82) is 0 Å². The van der Waals surface area contributed by atoms with E-state index >= 15 is 0 Å². The van der Waals surface area contributed by atoms with Gasteiger partial charge in [-0.2, -0.15) is 0 Å². The Labute approximate surface area is 208 Å². The summed E-state index contributed by atoms with van der Waals surface area (Å²) < 4.78 is 14.4. The number of unbranched alkanes of at least 4 members (excludes halogenated alkanes) is 7. The van der Waals surface area contributed by atoms with Crippen LogP contribution in [0.2, 0.25) is 0 Å². The predicted molar refractivity (Wildman–Crippen MR) is 145 cm³/mol. The molecule has 0 saturated heterocycles. The SMILES string of the molecule is CCCCCCCCc1ccc(C2CCC(C#Cc3ccc(CCCCC)c(F)c3)CC2)cc1. The zero-order valence-corrected chi connectivity index (χ0v) is 21.7. The molecule has 0 aliphatic heterocycles. The first-order valence-electron chi connectivity index (χ1n) is 14.1. The molecule has 1 heteroatoms. The Morgan fingerprint density at radius 1 is 0.735 bits per heavy atom. The summed E-state index contributed by atoms with van der Waals surface area (Å²) in [4.78, 5) is 0.